The molecule has 146 valence electrons. The Hall–Kier alpha value is -3.22. The summed E-state index contributed by atoms with van der Waals surface area (Å²) in [7, 11) is 1.61. The maximum Gasteiger partial charge on any atom is 0.254 e. The van der Waals surface area contributed by atoms with Crippen molar-refractivity contribution in [3.63, 3.8) is 0 Å². The number of hydrogen-bond acceptors (Lipinski definition) is 5. The highest BCUT2D eigenvalue weighted by Gasteiger charge is 2.26. The molecule has 28 heavy (non-hydrogen) atoms. The third-order valence-electron chi connectivity index (χ3n) is 5.03. The van der Waals surface area contributed by atoms with E-state index in [2.05, 4.69) is 0 Å². The number of fused-ring (bicyclic) bond motifs is 1. The average molecular weight is 382 g/mol. The van der Waals surface area contributed by atoms with Crippen molar-refractivity contribution in [2.24, 2.45) is 0 Å². The summed E-state index contributed by atoms with van der Waals surface area (Å²) in [4.78, 5) is 28.9. The van der Waals surface area contributed by atoms with Crippen LogP contribution in [0.1, 0.15) is 15.9 Å². The zero-order valence-electron chi connectivity index (χ0n) is 15.7. The normalized spacial score (nSPS) is 15.5. The number of carbonyl (C=O) groups excluding carboxylic acids is 2. The molecule has 0 spiro atoms. The Kier molecular flexibility index (Phi) is 5.06. The van der Waals surface area contributed by atoms with E-state index in [0.29, 0.717) is 49.7 Å². The molecule has 7 heteroatoms. The number of hydrogen-bond donors (Lipinski definition) is 0. The largest absolute Gasteiger partial charge is 0.497 e. The number of methoxy groups -OCH3 is 1. The molecule has 4 rings (SSSR count). The third kappa shape index (κ3) is 3.74. The van der Waals surface area contributed by atoms with Gasteiger partial charge in [0.2, 0.25) is 12.7 Å². The van der Waals surface area contributed by atoms with Crippen LogP contribution in [0.25, 0.3) is 0 Å². The molecule has 0 aliphatic carbocycles. The maximum absolute atomic E-state index is 12.7. The Labute approximate surface area is 163 Å². The summed E-state index contributed by atoms with van der Waals surface area (Å²) in [5, 5.41) is 0. The Morgan fingerprint density at radius 1 is 0.964 bits per heavy atom. The smallest absolute Gasteiger partial charge is 0.254 e. The van der Waals surface area contributed by atoms with Gasteiger partial charge in [-0.3, -0.25) is 9.59 Å². The Morgan fingerprint density at radius 3 is 2.50 bits per heavy atom. The Bertz CT molecular complexity index is 890. The number of ether oxygens (including phenoxy) is 3. The fraction of sp³-hybridized carbons (Fsp3) is 0.333. The van der Waals surface area contributed by atoms with Crippen LogP contribution in [0.5, 0.6) is 17.2 Å². The van der Waals surface area contributed by atoms with Gasteiger partial charge in [-0.2, -0.15) is 0 Å². The van der Waals surface area contributed by atoms with Crippen molar-refractivity contribution in [2.75, 3.05) is 40.1 Å². The zero-order valence-corrected chi connectivity index (χ0v) is 15.7. The van der Waals surface area contributed by atoms with E-state index in [4.69, 9.17) is 14.2 Å². The van der Waals surface area contributed by atoms with Gasteiger partial charge in [-0.05, 0) is 35.9 Å². The van der Waals surface area contributed by atoms with Gasteiger partial charge in [-0.15, -0.1) is 0 Å². The van der Waals surface area contributed by atoms with Crippen LogP contribution in [0.4, 0.5) is 0 Å². The minimum absolute atomic E-state index is 0.0572. The third-order valence-corrected chi connectivity index (χ3v) is 5.03. The highest BCUT2D eigenvalue weighted by molar-refractivity contribution is 5.95. The molecule has 2 amide bonds. The molecule has 0 atom stereocenters. The molecule has 2 aliphatic heterocycles. The summed E-state index contributed by atoms with van der Waals surface area (Å²) in [6.07, 6.45) is 0.327. The topological polar surface area (TPSA) is 68.3 Å². The minimum atomic E-state index is -0.0572. The minimum Gasteiger partial charge on any atom is -0.497 e. The second kappa shape index (κ2) is 7.80. The number of amides is 2. The first-order valence-electron chi connectivity index (χ1n) is 9.23. The monoisotopic (exact) mass is 382 g/mol. The van der Waals surface area contributed by atoms with Crippen molar-refractivity contribution in [1.82, 2.24) is 9.80 Å². The lowest BCUT2D eigenvalue weighted by Gasteiger charge is -2.35. The van der Waals surface area contributed by atoms with Gasteiger partial charge < -0.3 is 24.0 Å². The summed E-state index contributed by atoms with van der Waals surface area (Å²) in [5.41, 5.74) is 1.49. The molecule has 0 saturated carbocycles. The molecule has 0 radical (unpaired) electrons. The molecule has 2 aromatic carbocycles. The second-order valence-corrected chi connectivity index (χ2v) is 6.77. The van der Waals surface area contributed by atoms with Crippen molar-refractivity contribution in [3.05, 3.63) is 53.6 Å². The number of carbonyl (C=O) groups is 2. The number of piperazine rings is 1. The summed E-state index contributed by atoms with van der Waals surface area (Å²) < 4.78 is 15.8. The molecule has 7 nitrogen and oxygen atoms in total. The van der Waals surface area contributed by atoms with Gasteiger partial charge in [-0.25, -0.2) is 0 Å². The van der Waals surface area contributed by atoms with Gasteiger partial charge in [0.1, 0.15) is 5.75 Å². The van der Waals surface area contributed by atoms with Crippen LogP contribution < -0.4 is 14.2 Å². The molecule has 0 aromatic heterocycles. The summed E-state index contributed by atoms with van der Waals surface area (Å²) in [5.74, 6) is 1.99. The van der Waals surface area contributed by atoms with Crippen molar-refractivity contribution < 1.29 is 23.8 Å². The van der Waals surface area contributed by atoms with E-state index in [-0.39, 0.29) is 18.6 Å². The van der Waals surface area contributed by atoms with Crippen molar-refractivity contribution >= 4 is 11.8 Å². The lowest BCUT2D eigenvalue weighted by Crippen LogP contribution is -2.51. The molecule has 1 saturated heterocycles. The molecule has 0 N–H and O–H groups in total. The fourth-order valence-corrected chi connectivity index (χ4v) is 3.44. The van der Waals surface area contributed by atoms with Crippen LogP contribution in [-0.4, -0.2) is 61.7 Å². The van der Waals surface area contributed by atoms with Gasteiger partial charge in [0.15, 0.2) is 11.5 Å². The number of rotatable bonds is 4. The maximum atomic E-state index is 12.7. The molecule has 2 heterocycles. The first kappa shape index (κ1) is 18.2. The Morgan fingerprint density at radius 2 is 1.71 bits per heavy atom. The lowest BCUT2D eigenvalue weighted by atomic mass is 10.1. The predicted octanol–water partition coefficient (Wildman–Crippen LogP) is 1.95. The fourth-order valence-electron chi connectivity index (χ4n) is 3.44. The van der Waals surface area contributed by atoms with Crippen LogP contribution >= 0.6 is 0 Å². The summed E-state index contributed by atoms with van der Waals surface area (Å²) in [6, 6.07) is 12.7. The summed E-state index contributed by atoms with van der Waals surface area (Å²) >= 11 is 0. The van der Waals surface area contributed by atoms with E-state index in [1.807, 2.05) is 29.2 Å². The van der Waals surface area contributed by atoms with Crippen molar-refractivity contribution in [3.8, 4) is 17.2 Å². The number of nitrogens with zero attached hydrogens (tertiary/aromatic N) is 2. The standard InChI is InChI=1S/C21H22N2O5/c1-26-17-4-2-3-15(11-17)12-20(24)22-7-9-23(10-8-22)21(25)16-5-6-18-19(13-16)28-14-27-18/h2-6,11,13H,7-10,12,14H2,1H3. The van der Waals surface area contributed by atoms with E-state index in [0.717, 1.165) is 11.3 Å². The van der Waals surface area contributed by atoms with Crippen LogP contribution in [0, 0.1) is 0 Å². The van der Waals surface area contributed by atoms with Crippen LogP contribution in [0.2, 0.25) is 0 Å². The predicted molar refractivity (Wildman–Crippen MR) is 102 cm³/mol. The molecule has 2 aromatic rings. The molecule has 2 aliphatic rings. The van der Waals surface area contributed by atoms with Crippen molar-refractivity contribution in [1.29, 1.82) is 0 Å². The second-order valence-electron chi connectivity index (χ2n) is 6.77. The van der Waals surface area contributed by atoms with Crippen molar-refractivity contribution in [2.45, 2.75) is 6.42 Å². The van der Waals surface area contributed by atoms with Crippen LogP contribution in [0.3, 0.4) is 0 Å². The summed E-state index contributed by atoms with van der Waals surface area (Å²) in [6.45, 7) is 2.26. The molecular weight excluding hydrogens is 360 g/mol. The van der Waals surface area contributed by atoms with Gasteiger partial charge in [-0.1, -0.05) is 12.1 Å². The highest BCUT2D eigenvalue weighted by Crippen LogP contribution is 2.32. The number of benzene rings is 2. The van der Waals surface area contributed by atoms with E-state index < -0.39 is 0 Å². The van der Waals surface area contributed by atoms with Gasteiger partial charge in [0, 0.05) is 31.7 Å². The van der Waals surface area contributed by atoms with Gasteiger partial charge in [0.25, 0.3) is 5.91 Å². The lowest BCUT2D eigenvalue weighted by molar-refractivity contribution is -0.131. The Balaban J connectivity index is 1.33. The SMILES string of the molecule is COc1cccc(CC(=O)N2CCN(C(=O)c3ccc4c(c3)OCO4)CC2)c1. The van der Waals surface area contributed by atoms with Crippen LogP contribution in [0.15, 0.2) is 42.5 Å². The van der Waals surface area contributed by atoms with E-state index >= 15 is 0 Å². The first-order valence-corrected chi connectivity index (χ1v) is 9.23. The highest BCUT2D eigenvalue weighted by atomic mass is 16.7. The quantitative estimate of drug-likeness (QED) is 0.809. The zero-order chi connectivity index (χ0) is 19.5. The van der Waals surface area contributed by atoms with Crippen LogP contribution in [-0.2, 0) is 11.2 Å². The van der Waals surface area contributed by atoms with E-state index in [1.54, 1.807) is 30.2 Å². The van der Waals surface area contributed by atoms with Gasteiger partial charge in [0.05, 0.1) is 13.5 Å². The average Bonchev–Trinajstić information content (AvgIpc) is 3.21. The van der Waals surface area contributed by atoms with E-state index in [9.17, 15) is 9.59 Å². The van der Waals surface area contributed by atoms with E-state index in [1.165, 1.54) is 0 Å². The molecule has 0 unspecified atom stereocenters. The molecule has 0 bridgehead atoms. The molecular formula is C21H22N2O5. The molecule has 1 fully saturated rings. The first-order chi connectivity index (χ1) is 13.6. The van der Waals surface area contributed by atoms with Gasteiger partial charge >= 0.3 is 0 Å².